The highest BCUT2D eigenvalue weighted by atomic mass is 16.5. The molecule has 9 heteroatoms. The lowest BCUT2D eigenvalue weighted by molar-refractivity contribution is -0.150. The number of carbonyl (C=O) groups is 4. The predicted molar refractivity (Wildman–Crippen MR) is 236 cm³/mol. The third kappa shape index (κ3) is 30.5. The minimum absolute atomic E-state index is 0.00869. The van der Waals surface area contributed by atoms with Crippen LogP contribution < -0.4 is 0 Å². The molecule has 1 unspecified atom stereocenters. The largest absolute Gasteiger partial charge is 0.466 e. The molecule has 0 aromatic heterocycles. The van der Waals surface area contributed by atoms with Crippen molar-refractivity contribution in [1.29, 1.82) is 0 Å². The van der Waals surface area contributed by atoms with Crippen molar-refractivity contribution in [3.8, 4) is 0 Å². The van der Waals surface area contributed by atoms with Gasteiger partial charge >= 0.3 is 18.0 Å². The average molecular weight is 806 g/mol. The molecular weight excluding hydrogens is 715 g/mol. The Bertz CT molecular complexity index is 993. The molecule has 3 amide bonds. The van der Waals surface area contributed by atoms with E-state index in [1.165, 1.54) is 99.7 Å². The Morgan fingerprint density at radius 3 is 1.46 bits per heavy atom. The molecule has 0 bridgehead atoms. The monoisotopic (exact) mass is 806 g/mol. The molecule has 9 nitrogen and oxygen atoms in total. The maximum Gasteiger partial charge on any atom is 0.326 e. The van der Waals surface area contributed by atoms with Crippen LogP contribution in [0.25, 0.3) is 0 Å². The van der Waals surface area contributed by atoms with Gasteiger partial charge in [0.2, 0.25) is 5.91 Å². The van der Waals surface area contributed by atoms with Crippen LogP contribution in [0.15, 0.2) is 0 Å². The van der Waals surface area contributed by atoms with E-state index in [0.717, 1.165) is 129 Å². The van der Waals surface area contributed by atoms with Gasteiger partial charge in [0.1, 0.15) is 12.6 Å². The van der Waals surface area contributed by atoms with Gasteiger partial charge in [-0.2, -0.15) is 0 Å². The zero-order valence-electron chi connectivity index (χ0n) is 37.9. The van der Waals surface area contributed by atoms with Crippen molar-refractivity contribution in [3.05, 3.63) is 0 Å². The summed E-state index contributed by atoms with van der Waals surface area (Å²) in [6, 6.07) is -0.187. The summed E-state index contributed by atoms with van der Waals surface area (Å²) >= 11 is 0. The van der Waals surface area contributed by atoms with Crippen molar-refractivity contribution in [3.63, 3.8) is 0 Å². The Kier molecular flexibility index (Phi) is 35.3. The van der Waals surface area contributed by atoms with E-state index in [9.17, 15) is 19.2 Å². The number of nitrogens with zero attached hydrogens (tertiary/aromatic N) is 3. The van der Waals surface area contributed by atoms with Crippen molar-refractivity contribution < 1.29 is 28.7 Å². The molecule has 57 heavy (non-hydrogen) atoms. The zero-order chi connectivity index (χ0) is 41.6. The lowest BCUT2D eigenvalue weighted by atomic mass is 10.0. The number of rotatable bonds is 42. The highest BCUT2D eigenvalue weighted by Crippen LogP contribution is 2.19. The van der Waals surface area contributed by atoms with Gasteiger partial charge in [0.05, 0.1) is 6.61 Å². The lowest BCUT2D eigenvalue weighted by Crippen LogP contribution is -2.35. The maximum absolute atomic E-state index is 12.8. The number of ether oxygens (including phenoxy) is 2. The van der Waals surface area contributed by atoms with Gasteiger partial charge in [-0.25, -0.2) is 4.79 Å². The van der Waals surface area contributed by atoms with Crippen molar-refractivity contribution in [2.24, 2.45) is 0 Å². The fraction of sp³-hybridized carbons (Fsp3) is 0.917. The smallest absolute Gasteiger partial charge is 0.326 e. The topological polar surface area (TPSA) is 96.5 Å². The molecule has 0 N–H and O–H groups in total. The quantitative estimate of drug-likeness (QED) is 0.0344. The van der Waals surface area contributed by atoms with E-state index in [1.807, 2.05) is 0 Å². The van der Waals surface area contributed by atoms with Gasteiger partial charge in [-0.1, -0.05) is 156 Å². The van der Waals surface area contributed by atoms with Crippen LogP contribution in [0, 0.1) is 0 Å². The number of esters is 2. The van der Waals surface area contributed by atoms with Crippen LogP contribution in [0.5, 0.6) is 0 Å². The molecule has 334 valence electrons. The van der Waals surface area contributed by atoms with E-state index in [4.69, 9.17) is 9.47 Å². The summed E-state index contributed by atoms with van der Waals surface area (Å²) < 4.78 is 11.5. The molecular formula is C48H91N3O6. The number of carbonyl (C=O) groups excluding carboxylic acids is 4. The molecule has 0 spiro atoms. The van der Waals surface area contributed by atoms with Crippen molar-refractivity contribution in [2.75, 3.05) is 46.4 Å². The summed E-state index contributed by atoms with van der Waals surface area (Å²) in [6.07, 6.45) is 36.9. The van der Waals surface area contributed by atoms with Crippen LogP contribution in [0.1, 0.15) is 233 Å². The van der Waals surface area contributed by atoms with Gasteiger partial charge in [-0.3, -0.25) is 19.3 Å². The Morgan fingerprint density at radius 1 is 0.544 bits per heavy atom. The van der Waals surface area contributed by atoms with Gasteiger partial charge in [0, 0.05) is 26.4 Å². The molecule has 0 aromatic carbocycles. The molecule has 1 aliphatic rings. The number of imide groups is 1. The standard InChI is InChI=1S/C48H91N3O6/c1-5-8-11-14-16-25-32-42-56-46(53)36-28-21-17-23-30-38-50(40-33-41-51-45(52)43-49(4)48(51)55)39-31-24-18-22-29-37-47(54)57-44(34-26-19-13-10-7-3)35-27-20-15-12-9-6-2/h44H,5-43H2,1-4H3. The average Bonchev–Trinajstić information content (AvgIpc) is 3.44. The predicted octanol–water partition coefficient (Wildman–Crippen LogP) is 12.6. The third-order valence-electron chi connectivity index (χ3n) is 11.6. The van der Waals surface area contributed by atoms with Crippen LogP contribution in [-0.4, -0.2) is 91.1 Å². The summed E-state index contributed by atoms with van der Waals surface area (Å²) in [5, 5.41) is 0. The molecule has 1 saturated heterocycles. The highest BCUT2D eigenvalue weighted by molar-refractivity contribution is 6.01. The van der Waals surface area contributed by atoms with Gasteiger partial charge in [-0.05, 0) is 83.8 Å². The number of urea groups is 1. The summed E-state index contributed by atoms with van der Waals surface area (Å²) in [7, 11) is 1.68. The second kappa shape index (κ2) is 38.1. The number of hydrogen-bond donors (Lipinski definition) is 0. The second-order valence-electron chi connectivity index (χ2n) is 17.1. The van der Waals surface area contributed by atoms with Crippen LogP contribution in [0.2, 0.25) is 0 Å². The minimum atomic E-state index is -0.187. The fourth-order valence-corrected chi connectivity index (χ4v) is 7.90. The molecule has 1 heterocycles. The maximum atomic E-state index is 12.8. The van der Waals surface area contributed by atoms with E-state index in [0.29, 0.717) is 26.0 Å². The Balaban J connectivity index is 2.33. The highest BCUT2D eigenvalue weighted by Gasteiger charge is 2.32. The lowest BCUT2D eigenvalue weighted by Gasteiger charge is -2.23. The second-order valence-corrected chi connectivity index (χ2v) is 17.1. The van der Waals surface area contributed by atoms with Crippen LogP contribution >= 0.6 is 0 Å². The number of amides is 3. The zero-order valence-corrected chi connectivity index (χ0v) is 37.9. The molecule has 0 radical (unpaired) electrons. The van der Waals surface area contributed by atoms with Crippen molar-refractivity contribution >= 4 is 23.9 Å². The molecule has 1 fully saturated rings. The summed E-state index contributed by atoms with van der Waals surface area (Å²) in [5.41, 5.74) is 0. The van der Waals surface area contributed by atoms with Crippen LogP contribution in [0.3, 0.4) is 0 Å². The van der Waals surface area contributed by atoms with E-state index >= 15 is 0 Å². The van der Waals surface area contributed by atoms with Crippen LogP contribution in [0.4, 0.5) is 4.79 Å². The van der Waals surface area contributed by atoms with Gasteiger partial charge < -0.3 is 19.3 Å². The van der Waals surface area contributed by atoms with Gasteiger partial charge in [0.25, 0.3) is 0 Å². The summed E-state index contributed by atoms with van der Waals surface area (Å²) in [4.78, 5) is 54.9. The van der Waals surface area contributed by atoms with Crippen LogP contribution in [-0.2, 0) is 23.9 Å². The first-order valence-corrected chi connectivity index (χ1v) is 24.4. The Morgan fingerprint density at radius 2 is 0.965 bits per heavy atom. The Hall–Kier alpha value is -2.16. The number of unbranched alkanes of at least 4 members (excludes halogenated alkanes) is 23. The molecule has 1 aliphatic heterocycles. The summed E-state index contributed by atoms with van der Waals surface area (Å²) in [5.74, 6) is -0.162. The normalized spacial score (nSPS) is 13.6. The fourth-order valence-electron chi connectivity index (χ4n) is 7.90. The molecule has 0 aromatic rings. The first-order valence-electron chi connectivity index (χ1n) is 24.4. The number of hydrogen-bond acceptors (Lipinski definition) is 7. The summed E-state index contributed by atoms with van der Waals surface area (Å²) in [6.45, 7) is 10.8. The van der Waals surface area contributed by atoms with E-state index < -0.39 is 0 Å². The molecule has 1 rings (SSSR count). The van der Waals surface area contributed by atoms with Crippen molar-refractivity contribution in [2.45, 2.75) is 239 Å². The minimum Gasteiger partial charge on any atom is -0.466 e. The van der Waals surface area contributed by atoms with E-state index in [2.05, 4.69) is 25.7 Å². The third-order valence-corrected chi connectivity index (χ3v) is 11.6. The van der Waals surface area contributed by atoms with Gasteiger partial charge in [0.15, 0.2) is 0 Å². The SMILES string of the molecule is CCCCCCCCCOC(=O)CCCCCCCN(CCCCCCCC(=O)OC(CCCCCCC)CCCCCCCC)CCCN1C(=O)CN(C)C1=O. The first kappa shape index (κ1) is 52.9. The first-order chi connectivity index (χ1) is 27.8. The van der Waals surface area contributed by atoms with E-state index in [1.54, 1.807) is 7.05 Å². The molecule has 0 aliphatic carbocycles. The Labute approximate surface area is 351 Å². The molecule has 1 atom stereocenters. The van der Waals surface area contributed by atoms with E-state index in [-0.39, 0.29) is 36.5 Å². The van der Waals surface area contributed by atoms with Gasteiger partial charge in [-0.15, -0.1) is 0 Å². The molecule has 0 saturated carbocycles. The number of likely N-dealkylation sites (N-methyl/N-ethyl adjacent to an activating group) is 1. The van der Waals surface area contributed by atoms with Crippen molar-refractivity contribution in [1.82, 2.24) is 14.7 Å².